The van der Waals surface area contributed by atoms with Gasteiger partial charge < -0.3 is 10.6 Å². The van der Waals surface area contributed by atoms with Gasteiger partial charge in [-0.25, -0.2) is 8.78 Å². The van der Waals surface area contributed by atoms with Gasteiger partial charge in [-0.3, -0.25) is 4.79 Å². The number of rotatable bonds is 3. The van der Waals surface area contributed by atoms with E-state index in [1.165, 1.54) is 12.1 Å². The first-order valence-electron chi connectivity index (χ1n) is 6.98. The summed E-state index contributed by atoms with van der Waals surface area (Å²) in [5, 5.41) is 0. The van der Waals surface area contributed by atoms with Crippen LogP contribution in [0.25, 0.3) is 0 Å². The first-order valence-corrected chi connectivity index (χ1v) is 6.98. The molecule has 3 nitrogen and oxygen atoms in total. The van der Waals surface area contributed by atoms with Crippen molar-refractivity contribution in [2.75, 3.05) is 6.54 Å². The van der Waals surface area contributed by atoms with Crippen LogP contribution in [0, 0.1) is 11.6 Å². The molecule has 5 heteroatoms. The predicted molar refractivity (Wildman–Crippen MR) is 73.1 cm³/mol. The van der Waals surface area contributed by atoms with Crippen molar-refractivity contribution in [3.8, 4) is 0 Å². The average Bonchev–Trinajstić information content (AvgIpc) is 2.43. The second kappa shape index (κ2) is 6.31. The van der Waals surface area contributed by atoms with Crippen LogP contribution in [0.2, 0.25) is 0 Å². The zero-order valence-corrected chi connectivity index (χ0v) is 11.6. The fourth-order valence-electron chi connectivity index (χ4n) is 2.91. The molecule has 1 aliphatic heterocycles. The average molecular weight is 282 g/mol. The van der Waals surface area contributed by atoms with Crippen molar-refractivity contribution >= 4 is 5.91 Å². The molecule has 1 heterocycles. The maximum Gasteiger partial charge on any atom is 0.227 e. The van der Waals surface area contributed by atoms with E-state index in [9.17, 15) is 13.6 Å². The molecule has 1 amide bonds. The van der Waals surface area contributed by atoms with Crippen LogP contribution in [-0.2, 0) is 11.2 Å². The summed E-state index contributed by atoms with van der Waals surface area (Å²) in [6, 6.07) is 4.02. The van der Waals surface area contributed by atoms with E-state index in [2.05, 4.69) is 0 Å². The highest BCUT2D eigenvalue weighted by atomic mass is 19.2. The number of halogens is 2. The van der Waals surface area contributed by atoms with Gasteiger partial charge in [-0.05, 0) is 32.3 Å². The summed E-state index contributed by atoms with van der Waals surface area (Å²) >= 11 is 0. The number of nitrogens with two attached hydrogens (primary N) is 1. The summed E-state index contributed by atoms with van der Waals surface area (Å²) in [6.07, 6.45) is 2.72. The molecule has 2 unspecified atom stereocenters. The first kappa shape index (κ1) is 14.9. The maximum atomic E-state index is 13.6. The normalized spacial score (nSPS) is 22.9. The zero-order valence-electron chi connectivity index (χ0n) is 11.6. The molecule has 0 spiro atoms. The van der Waals surface area contributed by atoms with E-state index in [0.29, 0.717) is 6.54 Å². The summed E-state index contributed by atoms with van der Waals surface area (Å²) < 4.78 is 26.8. The second-order valence-electron chi connectivity index (χ2n) is 5.36. The lowest BCUT2D eigenvalue weighted by Gasteiger charge is -2.40. The highest BCUT2D eigenvalue weighted by Gasteiger charge is 2.31. The van der Waals surface area contributed by atoms with Crippen molar-refractivity contribution in [1.29, 1.82) is 0 Å². The Hall–Kier alpha value is -1.49. The molecule has 0 saturated carbocycles. The largest absolute Gasteiger partial charge is 0.335 e. The molecule has 1 saturated heterocycles. The van der Waals surface area contributed by atoms with Crippen LogP contribution in [0.15, 0.2) is 18.2 Å². The van der Waals surface area contributed by atoms with Crippen molar-refractivity contribution in [2.45, 2.75) is 44.7 Å². The highest BCUT2D eigenvalue weighted by Crippen LogP contribution is 2.24. The molecule has 0 aliphatic carbocycles. The fraction of sp³-hybridized carbons (Fsp3) is 0.533. The van der Waals surface area contributed by atoms with Gasteiger partial charge in [0.15, 0.2) is 11.6 Å². The van der Waals surface area contributed by atoms with Gasteiger partial charge in [0.2, 0.25) is 5.91 Å². The predicted octanol–water partition coefficient (Wildman–Crippen LogP) is 2.24. The molecular formula is C15H20F2N2O. The number of carbonyl (C=O) groups is 1. The Kier molecular flexibility index (Phi) is 4.70. The SMILES string of the molecule is CC1CCCC(CN)N1C(=O)Cc1cccc(F)c1F. The summed E-state index contributed by atoms with van der Waals surface area (Å²) in [5.41, 5.74) is 5.81. The van der Waals surface area contributed by atoms with Crippen LogP contribution in [0.4, 0.5) is 8.78 Å². The Morgan fingerprint density at radius 2 is 2.15 bits per heavy atom. The molecular weight excluding hydrogens is 262 g/mol. The Bertz CT molecular complexity index is 493. The summed E-state index contributed by atoms with van der Waals surface area (Å²) in [5.74, 6) is -2.04. The number of benzene rings is 1. The van der Waals surface area contributed by atoms with E-state index in [0.717, 1.165) is 25.3 Å². The Labute approximate surface area is 117 Å². The molecule has 0 bridgehead atoms. The van der Waals surface area contributed by atoms with Gasteiger partial charge >= 0.3 is 0 Å². The smallest absolute Gasteiger partial charge is 0.227 e. The van der Waals surface area contributed by atoms with E-state index in [1.54, 1.807) is 4.90 Å². The molecule has 0 radical (unpaired) electrons. The highest BCUT2D eigenvalue weighted by molar-refractivity contribution is 5.79. The van der Waals surface area contributed by atoms with E-state index in [4.69, 9.17) is 5.73 Å². The van der Waals surface area contributed by atoms with E-state index < -0.39 is 11.6 Å². The van der Waals surface area contributed by atoms with Crippen molar-refractivity contribution in [3.05, 3.63) is 35.4 Å². The van der Waals surface area contributed by atoms with Crippen LogP contribution in [0.3, 0.4) is 0 Å². The molecule has 1 aliphatic rings. The van der Waals surface area contributed by atoms with Crippen molar-refractivity contribution in [2.24, 2.45) is 5.73 Å². The van der Waals surface area contributed by atoms with Gasteiger partial charge in [-0.2, -0.15) is 0 Å². The third-order valence-corrected chi connectivity index (χ3v) is 3.96. The van der Waals surface area contributed by atoms with Crippen LogP contribution < -0.4 is 5.73 Å². The van der Waals surface area contributed by atoms with Gasteiger partial charge in [0.25, 0.3) is 0 Å². The molecule has 1 aromatic carbocycles. The summed E-state index contributed by atoms with van der Waals surface area (Å²) in [4.78, 5) is 14.1. The Morgan fingerprint density at radius 3 is 2.85 bits per heavy atom. The molecule has 2 atom stereocenters. The van der Waals surface area contributed by atoms with E-state index >= 15 is 0 Å². The van der Waals surface area contributed by atoms with E-state index in [-0.39, 0.29) is 30.0 Å². The number of likely N-dealkylation sites (tertiary alicyclic amines) is 1. The lowest BCUT2D eigenvalue weighted by molar-refractivity contribution is -0.136. The van der Waals surface area contributed by atoms with Gasteiger partial charge in [0, 0.05) is 24.2 Å². The molecule has 1 fully saturated rings. The Morgan fingerprint density at radius 1 is 1.40 bits per heavy atom. The molecule has 2 N–H and O–H groups in total. The van der Waals surface area contributed by atoms with Crippen LogP contribution in [0.5, 0.6) is 0 Å². The minimum absolute atomic E-state index is 0.00266. The van der Waals surface area contributed by atoms with Gasteiger partial charge in [-0.15, -0.1) is 0 Å². The lowest BCUT2D eigenvalue weighted by Crippen LogP contribution is -2.52. The summed E-state index contributed by atoms with van der Waals surface area (Å²) in [6.45, 7) is 2.38. The maximum absolute atomic E-state index is 13.6. The quantitative estimate of drug-likeness (QED) is 0.924. The van der Waals surface area contributed by atoms with Crippen LogP contribution in [0.1, 0.15) is 31.7 Å². The monoisotopic (exact) mass is 282 g/mol. The molecule has 110 valence electrons. The molecule has 20 heavy (non-hydrogen) atoms. The third kappa shape index (κ3) is 2.98. The van der Waals surface area contributed by atoms with Crippen molar-refractivity contribution < 1.29 is 13.6 Å². The molecule has 1 aromatic rings. The number of piperidine rings is 1. The summed E-state index contributed by atoms with van der Waals surface area (Å²) in [7, 11) is 0. The minimum Gasteiger partial charge on any atom is -0.335 e. The number of hydrogen-bond donors (Lipinski definition) is 1. The number of amides is 1. The van der Waals surface area contributed by atoms with Crippen molar-refractivity contribution in [3.63, 3.8) is 0 Å². The third-order valence-electron chi connectivity index (χ3n) is 3.96. The van der Waals surface area contributed by atoms with Gasteiger partial charge in [0.1, 0.15) is 0 Å². The second-order valence-corrected chi connectivity index (χ2v) is 5.36. The number of carbonyl (C=O) groups excluding carboxylic acids is 1. The van der Waals surface area contributed by atoms with Crippen LogP contribution in [-0.4, -0.2) is 29.4 Å². The van der Waals surface area contributed by atoms with Gasteiger partial charge in [0.05, 0.1) is 6.42 Å². The lowest BCUT2D eigenvalue weighted by atomic mass is 9.95. The number of nitrogens with zero attached hydrogens (tertiary/aromatic N) is 1. The minimum atomic E-state index is -0.935. The molecule has 2 rings (SSSR count). The zero-order chi connectivity index (χ0) is 14.7. The van der Waals surface area contributed by atoms with Crippen molar-refractivity contribution in [1.82, 2.24) is 4.90 Å². The molecule has 0 aromatic heterocycles. The van der Waals surface area contributed by atoms with Gasteiger partial charge in [-0.1, -0.05) is 12.1 Å². The fourth-order valence-corrected chi connectivity index (χ4v) is 2.91. The van der Waals surface area contributed by atoms with E-state index in [1.807, 2.05) is 6.92 Å². The Balaban J connectivity index is 2.15. The van der Waals surface area contributed by atoms with Crippen LogP contribution >= 0.6 is 0 Å². The first-order chi connectivity index (χ1) is 9.54. The number of hydrogen-bond acceptors (Lipinski definition) is 2. The topological polar surface area (TPSA) is 46.3 Å². The standard InChI is InChI=1S/C15H20F2N2O/c1-10-4-2-6-12(9-18)19(10)14(20)8-11-5-3-7-13(16)15(11)17/h3,5,7,10,12H,2,4,6,8-9,18H2,1H3.